The molecule has 0 saturated carbocycles. The van der Waals surface area contributed by atoms with Crippen LogP contribution in [-0.2, 0) is 34.0 Å². The SMILES string of the molecule is CC(C)(C)OC(=O)N1Cc2ccc(Oc3cccc4c3CN(C3CCC(=O)NC3=O)C4=O)cc2C1. The topological polar surface area (TPSA) is 105 Å². The lowest BCUT2D eigenvalue weighted by molar-refractivity contribution is -0.136. The van der Waals surface area contributed by atoms with Crippen LogP contribution >= 0.6 is 0 Å². The Hall–Kier alpha value is -3.88. The van der Waals surface area contributed by atoms with E-state index in [4.69, 9.17) is 9.47 Å². The van der Waals surface area contributed by atoms with Gasteiger partial charge in [0.15, 0.2) is 0 Å². The van der Waals surface area contributed by atoms with Crippen molar-refractivity contribution in [1.82, 2.24) is 15.1 Å². The Balaban J connectivity index is 1.32. The van der Waals surface area contributed by atoms with Gasteiger partial charge in [0.2, 0.25) is 11.8 Å². The molecule has 3 heterocycles. The summed E-state index contributed by atoms with van der Waals surface area (Å²) < 4.78 is 11.7. The first kappa shape index (κ1) is 22.9. The fourth-order valence-electron chi connectivity index (χ4n) is 4.67. The van der Waals surface area contributed by atoms with Gasteiger partial charge in [-0.05, 0) is 62.6 Å². The van der Waals surface area contributed by atoms with Gasteiger partial charge in [0.25, 0.3) is 5.91 Å². The maximum absolute atomic E-state index is 13.0. The van der Waals surface area contributed by atoms with Gasteiger partial charge in [-0.3, -0.25) is 24.6 Å². The quantitative estimate of drug-likeness (QED) is 0.679. The molecule has 3 aliphatic heterocycles. The Morgan fingerprint density at radius 1 is 1.03 bits per heavy atom. The van der Waals surface area contributed by atoms with Crippen LogP contribution in [0.25, 0.3) is 0 Å². The lowest BCUT2D eigenvalue weighted by atomic mass is 10.0. The highest BCUT2D eigenvalue weighted by atomic mass is 16.6. The molecule has 9 nitrogen and oxygen atoms in total. The third-order valence-corrected chi connectivity index (χ3v) is 6.32. The average Bonchev–Trinajstić information content (AvgIpc) is 3.35. The Bertz CT molecular complexity index is 1250. The van der Waals surface area contributed by atoms with Crippen LogP contribution in [0.4, 0.5) is 4.79 Å². The summed E-state index contributed by atoms with van der Waals surface area (Å²) in [5.74, 6) is 0.115. The Labute approximate surface area is 203 Å². The number of rotatable bonds is 3. The second-order valence-corrected chi connectivity index (χ2v) is 10.1. The van der Waals surface area contributed by atoms with E-state index in [-0.39, 0.29) is 30.9 Å². The van der Waals surface area contributed by atoms with E-state index in [1.165, 1.54) is 4.90 Å². The van der Waals surface area contributed by atoms with Gasteiger partial charge >= 0.3 is 6.09 Å². The molecule has 5 rings (SSSR count). The van der Waals surface area contributed by atoms with Crippen molar-refractivity contribution in [3.05, 3.63) is 58.7 Å². The first-order valence-corrected chi connectivity index (χ1v) is 11.6. The van der Waals surface area contributed by atoms with E-state index >= 15 is 0 Å². The summed E-state index contributed by atoms with van der Waals surface area (Å²) in [5.41, 5.74) is 2.64. The molecule has 182 valence electrons. The van der Waals surface area contributed by atoms with Crippen LogP contribution in [0.5, 0.6) is 11.5 Å². The van der Waals surface area contributed by atoms with Crippen LogP contribution < -0.4 is 10.1 Å². The van der Waals surface area contributed by atoms with Crippen molar-refractivity contribution >= 4 is 23.8 Å². The highest BCUT2D eigenvalue weighted by Crippen LogP contribution is 2.37. The number of benzene rings is 2. The van der Waals surface area contributed by atoms with Gasteiger partial charge in [-0.2, -0.15) is 0 Å². The molecular formula is C26H27N3O6. The monoisotopic (exact) mass is 477 g/mol. The normalized spacial score (nSPS) is 19.4. The lowest BCUT2D eigenvalue weighted by Gasteiger charge is -2.29. The average molecular weight is 478 g/mol. The Morgan fingerprint density at radius 3 is 2.54 bits per heavy atom. The molecule has 1 atom stereocenters. The number of ether oxygens (including phenoxy) is 2. The molecule has 0 bridgehead atoms. The molecule has 2 aromatic carbocycles. The van der Waals surface area contributed by atoms with Gasteiger partial charge in [0.1, 0.15) is 23.1 Å². The minimum absolute atomic E-state index is 0.204. The highest BCUT2D eigenvalue weighted by Gasteiger charge is 2.40. The molecule has 1 fully saturated rings. The summed E-state index contributed by atoms with van der Waals surface area (Å²) in [6.07, 6.45) is 0.151. The van der Waals surface area contributed by atoms with Crippen molar-refractivity contribution in [2.45, 2.75) is 64.9 Å². The van der Waals surface area contributed by atoms with Crippen molar-refractivity contribution in [3.63, 3.8) is 0 Å². The standard InChI is InChI=1S/C26H27N3O6/c1-26(2,3)35-25(33)28-12-15-7-8-17(11-16(15)13-28)34-21-6-4-5-18-19(21)14-29(24(18)32)20-9-10-22(30)27-23(20)31/h4-8,11,20H,9-10,12-14H2,1-3H3,(H,27,30,31). The summed E-state index contributed by atoms with van der Waals surface area (Å²) in [4.78, 5) is 52.5. The molecule has 4 amide bonds. The summed E-state index contributed by atoms with van der Waals surface area (Å²) in [6, 6.07) is 10.2. The van der Waals surface area contributed by atoms with Gasteiger partial charge in [0.05, 0.1) is 6.54 Å². The first-order chi connectivity index (χ1) is 16.6. The number of hydrogen-bond acceptors (Lipinski definition) is 6. The molecule has 35 heavy (non-hydrogen) atoms. The summed E-state index contributed by atoms with van der Waals surface area (Å²) >= 11 is 0. The molecular weight excluding hydrogens is 450 g/mol. The van der Waals surface area contributed by atoms with Crippen LogP contribution in [-0.4, -0.2) is 45.3 Å². The number of nitrogens with one attached hydrogen (secondary N) is 1. The van der Waals surface area contributed by atoms with Crippen molar-refractivity contribution in [1.29, 1.82) is 0 Å². The van der Waals surface area contributed by atoms with E-state index in [0.29, 0.717) is 42.1 Å². The molecule has 2 aromatic rings. The summed E-state index contributed by atoms with van der Waals surface area (Å²) in [6.45, 7) is 6.64. The van der Waals surface area contributed by atoms with Crippen molar-refractivity contribution in [2.75, 3.05) is 0 Å². The smallest absolute Gasteiger partial charge is 0.410 e. The van der Waals surface area contributed by atoms with Crippen molar-refractivity contribution in [2.24, 2.45) is 0 Å². The number of hydrogen-bond donors (Lipinski definition) is 1. The Morgan fingerprint density at radius 2 is 1.80 bits per heavy atom. The van der Waals surface area contributed by atoms with E-state index in [0.717, 1.165) is 11.1 Å². The number of nitrogens with zero attached hydrogens (tertiary/aromatic N) is 2. The lowest BCUT2D eigenvalue weighted by Crippen LogP contribution is -2.52. The molecule has 0 spiro atoms. The first-order valence-electron chi connectivity index (χ1n) is 11.6. The summed E-state index contributed by atoms with van der Waals surface area (Å²) in [7, 11) is 0. The maximum Gasteiger partial charge on any atom is 0.410 e. The number of piperidine rings is 1. The van der Waals surface area contributed by atoms with E-state index in [1.54, 1.807) is 23.1 Å². The van der Waals surface area contributed by atoms with Crippen LogP contribution in [0.1, 0.15) is 60.7 Å². The van der Waals surface area contributed by atoms with Crippen LogP contribution in [0.3, 0.4) is 0 Å². The fraction of sp³-hybridized carbons (Fsp3) is 0.385. The van der Waals surface area contributed by atoms with Gasteiger partial charge < -0.3 is 14.4 Å². The van der Waals surface area contributed by atoms with Crippen LogP contribution in [0, 0.1) is 0 Å². The molecule has 1 saturated heterocycles. The van der Waals surface area contributed by atoms with Gasteiger partial charge in [-0.15, -0.1) is 0 Å². The Kier molecular flexibility index (Phi) is 5.50. The van der Waals surface area contributed by atoms with Gasteiger partial charge in [0, 0.05) is 30.6 Å². The highest BCUT2D eigenvalue weighted by molar-refractivity contribution is 6.05. The molecule has 1 unspecified atom stereocenters. The van der Waals surface area contributed by atoms with E-state index < -0.39 is 17.6 Å². The molecule has 0 aromatic heterocycles. The van der Waals surface area contributed by atoms with E-state index in [9.17, 15) is 19.2 Å². The van der Waals surface area contributed by atoms with E-state index in [1.807, 2.05) is 39.0 Å². The number of carbonyl (C=O) groups excluding carboxylic acids is 4. The van der Waals surface area contributed by atoms with Gasteiger partial charge in [-0.25, -0.2) is 4.79 Å². The third kappa shape index (κ3) is 4.45. The second kappa shape index (κ2) is 8.41. The second-order valence-electron chi connectivity index (χ2n) is 10.1. The number of imide groups is 1. The predicted molar refractivity (Wildman–Crippen MR) is 124 cm³/mol. The zero-order valence-corrected chi connectivity index (χ0v) is 19.9. The molecule has 0 aliphatic carbocycles. The van der Waals surface area contributed by atoms with Crippen LogP contribution in [0.2, 0.25) is 0 Å². The predicted octanol–water partition coefficient (Wildman–Crippen LogP) is 3.49. The molecule has 1 N–H and O–H groups in total. The van der Waals surface area contributed by atoms with Crippen molar-refractivity contribution in [3.8, 4) is 11.5 Å². The fourth-order valence-corrected chi connectivity index (χ4v) is 4.67. The minimum Gasteiger partial charge on any atom is -0.457 e. The maximum atomic E-state index is 13.0. The number of carbonyl (C=O) groups is 4. The van der Waals surface area contributed by atoms with Crippen molar-refractivity contribution < 1.29 is 28.7 Å². The largest absolute Gasteiger partial charge is 0.457 e. The van der Waals surface area contributed by atoms with E-state index in [2.05, 4.69) is 5.32 Å². The van der Waals surface area contributed by atoms with Crippen LogP contribution in [0.15, 0.2) is 36.4 Å². The number of amides is 4. The molecule has 3 aliphatic rings. The zero-order chi connectivity index (χ0) is 24.9. The third-order valence-electron chi connectivity index (χ3n) is 6.32. The van der Waals surface area contributed by atoms with Gasteiger partial charge in [-0.1, -0.05) is 12.1 Å². The number of fused-ring (bicyclic) bond motifs is 2. The zero-order valence-electron chi connectivity index (χ0n) is 19.9. The molecule has 0 radical (unpaired) electrons. The molecule has 9 heteroatoms. The minimum atomic E-state index is -0.681. The summed E-state index contributed by atoms with van der Waals surface area (Å²) in [5, 5.41) is 2.32.